The molecule has 2 rings (SSSR count). The zero-order chi connectivity index (χ0) is 21.6. The molecule has 4 nitrogen and oxygen atoms in total. The maximum absolute atomic E-state index is 13.6. The molecule has 28 heavy (non-hydrogen) atoms. The van der Waals surface area contributed by atoms with Crippen molar-refractivity contribution in [2.75, 3.05) is 13.2 Å². The third-order valence-electron chi connectivity index (χ3n) is 7.80. The lowest BCUT2D eigenvalue weighted by atomic mass is 9.58. The molecular formula is C23H44O4Si. The van der Waals surface area contributed by atoms with Gasteiger partial charge in [0, 0.05) is 17.9 Å². The number of ether oxygens (including phenoxy) is 2. The molecule has 0 N–H and O–H groups in total. The van der Waals surface area contributed by atoms with Crippen molar-refractivity contribution in [1.29, 1.82) is 0 Å². The van der Waals surface area contributed by atoms with Crippen molar-refractivity contribution in [2.45, 2.75) is 111 Å². The monoisotopic (exact) mass is 412 g/mol. The van der Waals surface area contributed by atoms with Crippen LogP contribution in [-0.2, 0) is 18.7 Å². The lowest BCUT2D eigenvalue weighted by Crippen LogP contribution is -2.59. The van der Waals surface area contributed by atoms with Gasteiger partial charge in [-0.15, -0.1) is 0 Å². The summed E-state index contributed by atoms with van der Waals surface area (Å²) >= 11 is 0. The fourth-order valence-corrected chi connectivity index (χ4v) is 6.04. The van der Waals surface area contributed by atoms with E-state index < -0.39 is 19.5 Å². The van der Waals surface area contributed by atoms with Crippen molar-refractivity contribution >= 4 is 14.1 Å². The molecule has 0 bridgehead atoms. The van der Waals surface area contributed by atoms with Gasteiger partial charge >= 0.3 is 0 Å². The Morgan fingerprint density at radius 1 is 1.07 bits per heavy atom. The maximum atomic E-state index is 13.6. The van der Waals surface area contributed by atoms with Gasteiger partial charge in [0.25, 0.3) is 0 Å². The minimum absolute atomic E-state index is 0.191. The number of hydrogen-bond acceptors (Lipinski definition) is 4. The molecule has 1 saturated carbocycles. The first kappa shape index (κ1) is 24.0. The van der Waals surface area contributed by atoms with Crippen LogP contribution in [0.1, 0.15) is 81.1 Å². The van der Waals surface area contributed by atoms with Crippen molar-refractivity contribution in [1.82, 2.24) is 0 Å². The average Bonchev–Trinajstić information content (AvgIpc) is 3.04. The van der Waals surface area contributed by atoms with Gasteiger partial charge in [0.15, 0.2) is 14.1 Å². The highest BCUT2D eigenvalue weighted by Gasteiger charge is 2.61. The number of carbonyl (C=O) groups excluding carboxylic acids is 1. The number of ketones is 1. The highest BCUT2D eigenvalue weighted by atomic mass is 28.4. The van der Waals surface area contributed by atoms with E-state index >= 15 is 0 Å². The largest absolute Gasteiger partial charge is 0.414 e. The van der Waals surface area contributed by atoms with E-state index in [0.29, 0.717) is 19.1 Å². The predicted molar refractivity (Wildman–Crippen MR) is 117 cm³/mol. The Kier molecular flexibility index (Phi) is 6.69. The van der Waals surface area contributed by atoms with Crippen molar-refractivity contribution in [3.8, 4) is 0 Å². The topological polar surface area (TPSA) is 44.8 Å². The third-order valence-corrected chi connectivity index (χ3v) is 12.3. The summed E-state index contributed by atoms with van der Waals surface area (Å²) in [5, 5.41) is 0.191. The molecule has 1 aliphatic carbocycles. The summed E-state index contributed by atoms with van der Waals surface area (Å²) in [5.41, 5.74) is -0.960. The normalized spacial score (nSPS) is 28.9. The molecular weight excluding hydrogens is 368 g/mol. The van der Waals surface area contributed by atoms with E-state index in [1.165, 1.54) is 0 Å². The number of Topliss-reactive ketones (excluding diaryl/α,β-unsaturated/α-hetero) is 1. The molecule has 2 unspecified atom stereocenters. The highest BCUT2D eigenvalue weighted by Crippen LogP contribution is 2.54. The van der Waals surface area contributed by atoms with E-state index in [1.807, 2.05) is 13.8 Å². The molecule has 1 aliphatic heterocycles. The van der Waals surface area contributed by atoms with Gasteiger partial charge < -0.3 is 13.9 Å². The maximum Gasteiger partial charge on any atom is 0.192 e. The van der Waals surface area contributed by atoms with Crippen LogP contribution in [0.15, 0.2) is 0 Å². The molecule has 0 radical (unpaired) electrons. The van der Waals surface area contributed by atoms with Gasteiger partial charge in [-0.05, 0) is 57.2 Å². The van der Waals surface area contributed by atoms with Crippen LogP contribution >= 0.6 is 0 Å². The first-order chi connectivity index (χ1) is 12.6. The molecule has 2 fully saturated rings. The van der Waals surface area contributed by atoms with E-state index in [4.69, 9.17) is 13.9 Å². The van der Waals surface area contributed by atoms with E-state index in [-0.39, 0.29) is 22.3 Å². The Labute approximate surface area is 174 Å². The molecule has 1 heterocycles. The Morgan fingerprint density at radius 3 is 2.07 bits per heavy atom. The van der Waals surface area contributed by atoms with E-state index in [9.17, 15) is 4.79 Å². The van der Waals surface area contributed by atoms with Gasteiger partial charge in [0.2, 0.25) is 0 Å². The average molecular weight is 413 g/mol. The molecule has 5 heteroatoms. The van der Waals surface area contributed by atoms with Crippen molar-refractivity contribution in [3.05, 3.63) is 0 Å². The molecule has 1 spiro atoms. The van der Waals surface area contributed by atoms with Gasteiger partial charge in [-0.25, -0.2) is 0 Å². The molecule has 2 atom stereocenters. The minimum Gasteiger partial charge on any atom is -0.414 e. The molecule has 1 saturated heterocycles. The lowest BCUT2D eigenvalue weighted by molar-refractivity contribution is -0.247. The van der Waals surface area contributed by atoms with Gasteiger partial charge in [-0.3, -0.25) is 4.79 Å². The lowest BCUT2D eigenvalue weighted by Gasteiger charge is -2.51. The second-order valence-electron chi connectivity index (χ2n) is 11.7. The van der Waals surface area contributed by atoms with Crippen LogP contribution in [0.3, 0.4) is 0 Å². The summed E-state index contributed by atoms with van der Waals surface area (Å²) in [4.78, 5) is 13.6. The van der Waals surface area contributed by atoms with Crippen LogP contribution in [0, 0.1) is 16.7 Å². The molecule has 0 aromatic heterocycles. The second kappa shape index (κ2) is 7.79. The summed E-state index contributed by atoms with van der Waals surface area (Å²) in [6.45, 7) is 23.3. The van der Waals surface area contributed by atoms with E-state index in [0.717, 1.165) is 25.7 Å². The van der Waals surface area contributed by atoms with E-state index in [2.05, 4.69) is 54.6 Å². The number of hydrogen-bond donors (Lipinski definition) is 0. The molecule has 0 aromatic carbocycles. The smallest absolute Gasteiger partial charge is 0.192 e. The zero-order valence-electron chi connectivity index (χ0n) is 20.0. The first-order valence-electron chi connectivity index (χ1n) is 11.1. The van der Waals surface area contributed by atoms with Crippen molar-refractivity contribution < 1.29 is 18.7 Å². The van der Waals surface area contributed by atoms with Crippen LogP contribution in [0.25, 0.3) is 0 Å². The second-order valence-corrected chi connectivity index (χ2v) is 16.4. The van der Waals surface area contributed by atoms with Crippen molar-refractivity contribution in [2.24, 2.45) is 16.7 Å². The fraction of sp³-hybridized carbons (Fsp3) is 0.957. The van der Waals surface area contributed by atoms with Gasteiger partial charge in [-0.2, -0.15) is 0 Å². The van der Waals surface area contributed by atoms with Gasteiger partial charge in [-0.1, -0.05) is 41.5 Å². The Balaban J connectivity index is 2.12. The zero-order valence-corrected chi connectivity index (χ0v) is 21.0. The Bertz CT molecular complexity index is 570. The standard InChI is InChI=1S/C23H44O4Si/c1-17(2)18(27-28(9,10)20(3,4)5)11-12-22(8)13-14-23(25-15-16-26-23)21(6,7)19(22)24/h17-18H,11-16H2,1-10H3. The summed E-state index contributed by atoms with van der Waals surface area (Å²) in [6.07, 6.45) is 3.60. The quantitative estimate of drug-likeness (QED) is 0.506. The summed E-state index contributed by atoms with van der Waals surface area (Å²) in [6, 6.07) is 0. The first-order valence-corrected chi connectivity index (χ1v) is 14.0. The fourth-order valence-electron chi connectivity index (χ4n) is 4.54. The van der Waals surface area contributed by atoms with Gasteiger partial charge in [0.05, 0.1) is 18.6 Å². The minimum atomic E-state index is -1.84. The van der Waals surface area contributed by atoms with Crippen LogP contribution < -0.4 is 0 Å². The summed E-state index contributed by atoms with van der Waals surface area (Å²) in [7, 11) is -1.84. The number of carbonyl (C=O) groups is 1. The molecule has 2 aliphatic rings. The van der Waals surface area contributed by atoms with Crippen LogP contribution in [0.5, 0.6) is 0 Å². The molecule has 0 amide bonds. The van der Waals surface area contributed by atoms with Gasteiger partial charge in [0.1, 0.15) is 5.78 Å². The highest BCUT2D eigenvalue weighted by molar-refractivity contribution is 6.74. The van der Waals surface area contributed by atoms with Crippen LogP contribution in [-0.4, -0.2) is 39.2 Å². The van der Waals surface area contributed by atoms with E-state index in [1.54, 1.807) is 0 Å². The Morgan fingerprint density at radius 2 is 1.61 bits per heavy atom. The number of rotatable bonds is 6. The Hall–Kier alpha value is -0.233. The van der Waals surface area contributed by atoms with Crippen LogP contribution in [0.2, 0.25) is 18.1 Å². The van der Waals surface area contributed by atoms with Crippen LogP contribution in [0.4, 0.5) is 0 Å². The summed E-state index contributed by atoms with van der Waals surface area (Å²) < 4.78 is 18.7. The predicted octanol–water partition coefficient (Wildman–Crippen LogP) is 5.95. The molecule has 0 aromatic rings. The van der Waals surface area contributed by atoms with Crippen molar-refractivity contribution in [3.63, 3.8) is 0 Å². The summed E-state index contributed by atoms with van der Waals surface area (Å²) in [5.74, 6) is -0.00107. The SMILES string of the molecule is CC(C)C(CCC1(C)CCC2(OCCO2)C(C)(C)C1=O)O[Si](C)(C)C(C)(C)C. The molecule has 164 valence electrons. The third kappa shape index (κ3) is 4.28.